The second-order valence-corrected chi connectivity index (χ2v) is 3.25. The Hall–Kier alpha value is -1.87. The lowest BCUT2D eigenvalue weighted by Gasteiger charge is -1.95. The molecular weight excluding hydrogens is 204 g/mol. The molecule has 16 heavy (non-hydrogen) atoms. The summed E-state index contributed by atoms with van der Waals surface area (Å²) >= 11 is 0. The summed E-state index contributed by atoms with van der Waals surface area (Å²) in [6.45, 7) is 0.149. The van der Waals surface area contributed by atoms with Crippen molar-refractivity contribution in [2.24, 2.45) is 0 Å². The molecule has 0 heterocycles. The second kappa shape index (κ2) is 6.58. The number of aliphatic hydroxyl groups excluding tert-OH is 1. The molecule has 3 nitrogen and oxygen atoms in total. The van der Waals surface area contributed by atoms with Crippen LogP contribution in [-0.4, -0.2) is 22.8 Å². The van der Waals surface area contributed by atoms with E-state index in [1.54, 1.807) is 6.08 Å². The lowest BCUT2D eigenvalue weighted by molar-refractivity contribution is -0.131. The third-order valence-corrected chi connectivity index (χ3v) is 1.96. The lowest BCUT2D eigenvalue weighted by Crippen LogP contribution is -1.85. The summed E-state index contributed by atoms with van der Waals surface area (Å²) in [7, 11) is 0. The van der Waals surface area contributed by atoms with Gasteiger partial charge in [-0.05, 0) is 23.6 Å². The number of carbonyl (C=O) groups is 1. The number of carboxylic acid groups (broad SMARTS) is 1. The molecule has 0 amide bonds. The molecule has 1 aromatic carbocycles. The first kappa shape index (κ1) is 12.2. The smallest absolute Gasteiger partial charge is 0.328 e. The summed E-state index contributed by atoms with van der Waals surface area (Å²) in [6.07, 6.45) is 7.10. The predicted molar refractivity (Wildman–Crippen MR) is 63.8 cm³/mol. The predicted octanol–water partition coefficient (Wildman–Crippen LogP) is 2.18. The van der Waals surface area contributed by atoms with Crippen LogP contribution in [0, 0.1) is 0 Å². The molecule has 0 aliphatic rings. The van der Waals surface area contributed by atoms with E-state index < -0.39 is 5.97 Å². The summed E-state index contributed by atoms with van der Waals surface area (Å²) in [5, 5.41) is 17.0. The summed E-state index contributed by atoms with van der Waals surface area (Å²) in [5.41, 5.74) is 1.88. The molecule has 0 unspecified atom stereocenters. The third kappa shape index (κ3) is 4.57. The van der Waals surface area contributed by atoms with Crippen LogP contribution >= 0.6 is 0 Å². The molecule has 0 fully saturated rings. The Labute approximate surface area is 94.4 Å². The van der Waals surface area contributed by atoms with E-state index in [0.29, 0.717) is 6.42 Å². The van der Waals surface area contributed by atoms with Crippen molar-refractivity contribution in [3.8, 4) is 0 Å². The van der Waals surface area contributed by atoms with E-state index in [-0.39, 0.29) is 6.61 Å². The number of aliphatic carboxylic acids is 1. The molecule has 2 N–H and O–H groups in total. The molecule has 0 radical (unpaired) electrons. The van der Waals surface area contributed by atoms with Gasteiger partial charge in [0.15, 0.2) is 0 Å². The number of carboxylic acids is 1. The van der Waals surface area contributed by atoms with Crippen molar-refractivity contribution < 1.29 is 15.0 Å². The van der Waals surface area contributed by atoms with E-state index in [2.05, 4.69) is 0 Å². The van der Waals surface area contributed by atoms with E-state index >= 15 is 0 Å². The van der Waals surface area contributed by atoms with E-state index in [4.69, 9.17) is 10.2 Å². The zero-order valence-corrected chi connectivity index (χ0v) is 8.84. The third-order valence-electron chi connectivity index (χ3n) is 1.96. The van der Waals surface area contributed by atoms with Crippen LogP contribution in [0.1, 0.15) is 17.5 Å². The van der Waals surface area contributed by atoms with Crippen LogP contribution in [0.5, 0.6) is 0 Å². The van der Waals surface area contributed by atoms with E-state index in [0.717, 1.165) is 17.2 Å². The number of hydrogen-bond acceptors (Lipinski definition) is 2. The molecule has 3 heteroatoms. The molecule has 0 saturated carbocycles. The first-order valence-corrected chi connectivity index (χ1v) is 5.01. The fourth-order valence-corrected chi connectivity index (χ4v) is 1.18. The minimum Gasteiger partial charge on any atom is -0.478 e. The summed E-state index contributed by atoms with van der Waals surface area (Å²) in [5.74, 6) is -0.952. The fraction of sp³-hybridized carbons (Fsp3) is 0.154. The zero-order valence-electron chi connectivity index (χ0n) is 8.84. The Bertz CT molecular complexity index is 388. The van der Waals surface area contributed by atoms with Crippen LogP contribution in [-0.2, 0) is 4.79 Å². The van der Waals surface area contributed by atoms with Gasteiger partial charge in [0.1, 0.15) is 0 Å². The number of benzene rings is 1. The molecular formula is C13H14O3. The van der Waals surface area contributed by atoms with Gasteiger partial charge in [-0.15, -0.1) is 0 Å². The van der Waals surface area contributed by atoms with Crippen molar-refractivity contribution in [2.45, 2.75) is 6.42 Å². The minimum absolute atomic E-state index is 0.149. The molecule has 0 aromatic heterocycles. The monoisotopic (exact) mass is 218 g/mol. The molecule has 1 aromatic rings. The molecule has 0 atom stereocenters. The van der Waals surface area contributed by atoms with Gasteiger partial charge in [-0.25, -0.2) is 4.79 Å². The maximum absolute atomic E-state index is 10.3. The number of aliphatic hydroxyl groups is 1. The highest BCUT2D eigenvalue weighted by molar-refractivity contribution is 5.85. The maximum Gasteiger partial charge on any atom is 0.328 e. The number of hydrogen-bond donors (Lipinski definition) is 2. The van der Waals surface area contributed by atoms with Gasteiger partial charge in [0.05, 0.1) is 0 Å². The van der Waals surface area contributed by atoms with Crippen LogP contribution in [0.4, 0.5) is 0 Å². The second-order valence-electron chi connectivity index (χ2n) is 3.25. The minimum atomic E-state index is -0.952. The highest BCUT2D eigenvalue weighted by Gasteiger charge is 1.90. The van der Waals surface area contributed by atoms with Gasteiger partial charge in [-0.2, -0.15) is 0 Å². The Kier molecular flexibility index (Phi) is 5.02. The van der Waals surface area contributed by atoms with Gasteiger partial charge in [0.2, 0.25) is 0 Å². The van der Waals surface area contributed by atoms with Gasteiger partial charge >= 0.3 is 5.97 Å². The Morgan fingerprint density at radius 1 is 1.12 bits per heavy atom. The normalized spacial score (nSPS) is 11.3. The van der Waals surface area contributed by atoms with Gasteiger partial charge in [-0.3, -0.25) is 0 Å². The average molecular weight is 218 g/mol. The SMILES string of the molecule is O=C(O)/C=C/c1ccc(C=CCCO)cc1. The maximum atomic E-state index is 10.3. The quantitative estimate of drug-likeness (QED) is 0.745. The number of rotatable bonds is 5. The molecule has 0 saturated heterocycles. The van der Waals surface area contributed by atoms with Crippen molar-refractivity contribution in [1.82, 2.24) is 0 Å². The molecule has 0 aliphatic carbocycles. The first-order valence-electron chi connectivity index (χ1n) is 5.01. The van der Waals surface area contributed by atoms with Gasteiger partial charge in [0.25, 0.3) is 0 Å². The Balaban J connectivity index is 2.64. The summed E-state index contributed by atoms with van der Waals surface area (Å²) < 4.78 is 0. The summed E-state index contributed by atoms with van der Waals surface area (Å²) in [4.78, 5) is 10.3. The van der Waals surface area contributed by atoms with Gasteiger partial charge in [0, 0.05) is 12.7 Å². The van der Waals surface area contributed by atoms with Crippen molar-refractivity contribution in [1.29, 1.82) is 0 Å². The molecule has 0 aliphatic heterocycles. The standard InChI is InChI=1S/C13H14O3/c14-10-2-1-3-11-4-6-12(7-5-11)8-9-13(15)16/h1,3-9,14H,2,10H2,(H,15,16)/b3-1?,9-8+. The van der Waals surface area contributed by atoms with Crippen LogP contribution in [0.15, 0.2) is 36.4 Å². The largest absolute Gasteiger partial charge is 0.478 e. The zero-order chi connectivity index (χ0) is 11.8. The highest BCUT2D eigenvalue weighted by atomic mass is 16.4. The fourth-order valence-electron chi connectivity index (χ4n) is 1.18. The van der Waals surface area contributed by atoms with Crippen molar-refractivity contribution >= 4 is 18.1 Å². The average Bonchev–Trinajstić information content (AvgIpc) is 2.28. The Morgan fingerprint density at radius 2 is 1.69 bits per heavy atom. The van der Waals surface area contributed by atoms with Crippen LogP contribution in [0.25, 0.3) is 12.2 Å². The summed E-state index contributed by atoms with van der Waals surface area (Å²) in [6, 6.07) is 7.49. The topological polar surface area (TPSA) is 57.5 Å². The van der Waals surface area contributed by atoms with Gasteiger partial charge < -0.3 is 10.2 Å². The van der Waals surface area contributed by atoms with Crippen molar-refractivity contribution in [3.63, 3.8) is 0 Å². The van der Waals surface area contributed by atoms with E-state index in [1.165, 1.54) is 0 Å². The van der Waals surface area contributed by atoms with E-state index in [9.17, 15) is 4.79 Å². The van der Waals surface area contributed by atoms with Gasteiger partial charge in [-0.1, -0.05) is 36.4 Å². The lowest BCUT2D eigenvalue weighted by atomic mass is 10.1. The van der Waals surface area contributed by atoms with Crippen molar-refractivity contribution in [2.75, 3.05) is 6.61 Å². The van der Waals surface area contributed by atoms with Crippen LogP contribution in [0.3, 0.4) is 0 Å². The first-order chi connectivity index (χ1) is 7.72. The van der Waals surface area contributed by atoms with Crippen LogP contribution < -0.4 is 0 Å². The molecule has 84 valence electrons. The van der Waals surface area contributed by atoms with Crippen molar-refractivity contribution in [3.05, 3.63) is 47.5 Å². The van der Waals surface area contributed by atoms with E-state index in [1.807, 2.05) is 36.4 Å². The molecule has 1 rings (SSSR count). The van der Waals surface area contributed by atoms with Crippen LogP contribution in [0.2, 0.25) is 0 Å². The molecule has 0 bridgehead atoms. The Morgan fingerprint density at radius 3 is 2.19 bits per heavy atom. The highest BCUT2D eigenvalue weighted by Crippen LogP contribution is 2.08. The molecule has 0 spiro atoms.